The maximum Gasteiger partial charge on any atom is 0.187 e. The molecular formula is C17H40O6Si3. The fourth-order valence-corrected chi connectivity index (χ4v) is 6.01. The van der Waals surface area contributed by atoms with E-state index >= 15 is 0 Å². The van der Waals surface area contributed by atoms with Crippen molar-refractivity contribution >= 4 is 25.0 Å². The third-order valence-corrected chi connectivity index (χ3v) is 6.54. The van der Waals surface area contributed by atoms with Gasteiger partial charge in [0.25, 0.3) is 0 Å². The van der Waals surface area contributed by atoms with Crippen molar-refractivity contribution in [1.82, 2.24) is 0 Å². The molecule has 1 heterocycles. The summed E-state index contributed by atoms with van der Waals surface area (Å²) >= 11 is 0. The fraction of sp³-hybridized carbons (Fsp3) is 1.00. The number of ether oxygens (including phenoxy) is 3. The minimum absolute atomic E-state index is 0.242. The summed E-state index contributed by atoms with van der Waals surface area (Å²) in [6.07, 6.45) is -1.54. The van der Waals surface area contributed by atoms with Crippen LogP contribution in [0.25, 0.3) is 0 Å². The van der Waals surface area contributed by atoms with E-state index in [1.165, 1.54) is 0 Å². The lowest BCUT2D eigenvalue weighted by molar-refractivity contribution is -0.278. The largest absolute Gasteiger partial charge is 0.409 e. The second kappa shape index (κ2) is 9.27. The van der Waals surface area contributed by atoms with Gasteiger partial charge >= 0.3 is 0 Å². The van der Waals surface area contributed by atoms with Gasteiger partial charge < -0.3 is 27.5 Å². The molecule has 0 aromatic carbocycles. The molecule has 156 valence electrons. The van der Waals surface area contributed by atoms with Crippen molar-refractivity contribution in [3.8, 4) is 0 Å². The summed E-state index contributed by atoms with van der Waals surface area (Å²) in [5, 5.41) is 0. The molecule has 9 heteroatoms. The summed E-state index contributed by atoms with van der Waals surface area (Å²) in [7, 11) is -2.19. The van der Waals surface area contributed by atoms with Gasteiger partial charge in [0.15, 0.2) is 31.2 Å². The number of hydrogen-bond acceptors (Lipinski definition) is 6. The van der Waals surface area contributed by atoms with E-state index in [2.05, 4.69) is 58.9 Å². The van der Waals surface area contributed by atoms with Gasteiger partial charge in [-0.25, -0.2) is 0 Å². The zero-order valence-corrected chi connectivity index (χ0v) is 21.5. The van der Waals surface area contributed by atoms with E-state index in [1.807, 2.05) is 0 Å². The van der Waals surface area contributed by atoms with Crippen LogP contribution in [0.2, 0.25) is 58.9 Å². The molecule has 0 amide bonds. The lowest BCUT2D eigenvalue weighted by Gasteiger charge is -2.50. The molecule has 5 unspecified atom stereocenters. The minimum Gasteiger partial charge on any atom is -0.409 e. The van der Waals surface area contributed by atoms with Crippen molar-refractivity contribution < 1.29 is 27.5 Å². The topological polar surface area (TPSA) is 55.4 Å². The third kappa shape index (κ3) is 8.19. The Morgan fingerprint density at radius 2 is 1.12 bits per heavy atom. The van der Waals surface area contributed by atoms with Crippen LogP contribution in [0.15, 0.2) is 0 Å². The zero-order chi connectivity index (χ0) is 20.3. The first-order valence-corrected chi connectivity index (χ1v) is 19.6. The lowest BCUT2D eigenvalue weighted by atomic mass is 9.99. The molecule has 0 aliphatic carbocycles. The number of methoxy groups -OCH3 is 2. The first-order valence-electron chi connectivity index (χ1n) is 9.37. The van der Waals surface area contributed by atoms with Gasteiger partial charge in [-0.15, -0.1) is 0 Å². The predicted octanol–water partition coefficient (Wildman–Crippen LogP) is 3.66. The molecule has 1 aliphatic heterocycles. The van der Waals surface area contributed by atoms with Crippen molar-refractivity contribution in [2.24, 2.45) is 0 Å². The minimum atomic E-state index is -1.86. The van der Waals surface area contributed by atoms with Crippen LogP contribution in [-0.4, -0.2) is 76.5 Å². The molecular weight excluding hydrogens is 384 g/mol. The highest BCUT2D eigenvalue weighted by molar-refractivity contribution is 6.70. The normalized spacial score (nSPS) is 31.3. The summed E-state index contributed by atoms with van der Waals surface area (Å²) in [5.74, 6) is 0. The van der Waals surface area contributed by atoms with Gasteiger partial charge in [0.05, 0.1) is 6.61 Å². The maximum absolute atomic E-state index is 6.57. The van der Waals surface area contributed by atoms with Crippen LogP contribution in [0.3, 0.4) is 0 Å². The zero-order valence-electron chi connectivity index (χ0n) is 18.5. The van der Waals surface area contributed by atoms with E-state index in [1.54, 1.807) is 14.2 Å². The molecule has 1 fully saturated rings. The molecule has 1 rings (SSSR count). The van der Waals surface area contributed by atoms with Crippen molar-refractivity contribution in [3.63, 3.8) is 0 Å². The van der Waals surface area contributed by atoms with Crippen LogP contribution in [-0.2, 0) is 27.5 Å². The Labute approximate surface area is 163 Å². The van der Waals surface area contributed by atoms with Crippen LogP contribution in [0.1, 0.15) is 0 Å². The van der Waals surface area contributed by atoms with E-state index in [0.29, 0.717) is 6.61 Å². The average Bonchev–Trinajstić information content (AvgIpc) is 2.39. The average molecular weight is 425 g/mol. The van der Waals surface area contributed by atoms with Crippen molar-refractivity contribution in [1.29, 1.82) is 0 Å². The molecule has 0 aromatic rings. The van der Waals surface area contributed by atoms with E-state index in [4.69, 9.17) is 27.5 Å². The first kappa shape index (κ1) is 24.4. The van der Waals surface area contributed by atoms with Crippen LogP contribution in [0.4, 0.5) is 0 Å². The van der Waals surface area contributed by atoms with Crippen LogP contribution < -0.4 is 0 Å². The van der Waals surface area contributed by atoms with E-state index in [9.17, 15) is 0 Å². The highest BCUT2D eigenvalue weighted by Gasteiger charge is 2.51. The predicted molar refractivity (Wildman–Crippen MR) is 112 cm³/mol. The lowest BCUT2D eigenvalue weighted by Crippen LogP contribution is -2.65. The summed E-state index contributed by atoms with van der Waals surface area (Å²) in [5.41, 5.74) is 0. The molecule has 0 radical (unpaired) electrons. The summed E-state index contributed by atoms with van der Waals surface area (Å²) in [6.45, 7) is 20.0. The Morgan fingerprint density at radius 1 is 0.654 bits per heavy atom. The van der Waals surface area contributed by atoms with Crippen LogP contribution in [0, 0.1) is 0 Å². The van der Waals surface area contributed by atoms with E-state index in [-0.39, 0.29) is 24.4 Å². The molecule has 0 bridgehead atoms. The van der Waals surface area contributed by atoms with Crippen molar-refractivity contribution in [3.05, 3.63) is 0 Å². The van der Waals surface area contributed by atoms with Gasteiger partial charge in [-0.1, -0.05) is 0 Å². The molecule has 1 aliphatic rings. The molecule has 0 N–H and O–H groups in total. The van der Waals surface area contributed by atoms with Gasteiger partial charge in [-0.3, -0.25) is 0 Å². The van der Waals surface area contributed by atoms with Crippen molar-refractivity contribution in [2.75, 3.05) is 20.8 Å². The molecule has 6 nitrogen and oxygen atoms in total. The molecule has 5 atom stereocenters. The Balaban J connectivity index is 3.28. The van der Waals surface area contributed by atoms with Gasteiger partial charge in [-0.05, 0) is 58.9 Å². The number of hydrogen-bond donors (Lipinski definition) is 0. The van der Waals surface area contributed by atoms with Gasteiger partial charge in [-0.2, -0.15) is 0 Å². The third-order valence-electron chi connectivity index (χ3n) is 3.64. The maximum atomic E-state index is 6.57. The molecule has 26 heavy (non-hydrogen) atoms. The first-order chi connectivity index (χ1) is 11.7. The molecule has 0 saturated carbocycles. The second-order valence-electron chi connectivity index (χ2n) is 9.82. The quantitative estimate of drug-likeness (QED) is 0.526. The highest BCUT2D eigenvalue weighted by Crippen LogP contribution is 2.33. The summed E-state index contributed by atoms with van der Waals surface area (Å²) in [6, 6.07) is 0. The molecule has 0 spiro atoms. The van der Waals surface area contributed by atoms with Crippen LogP contribution in [0.5, 0.6) is 0 Å². The summed E-state index contributed by atoms with van der Waals surface area (Å²) < 4.78 is 37.0. The molecule has 1 saturated heterocycles. The van der Waals surface area contributed by atoms with Crippen LogP contribution >= 0.6 is 0 Å². The Hall–Kier alpha value is 0.411. The Morgan fingerprint density at radius 3 is 1.50 bits per heavy atom. The highest BCUT2D eigenvalue weighted by atomic mass is 28.4. The smallest absolute Gasteiger partial charge is 0.187 e. The SMILES string of the molecule is COCC1OC(O[Si](C)(C)C)C(O[Si](C)(C)C)C(O[Si](C)(C)C)C1OC. The number of rotatable bonds is 9. The molecule has 0 aromatic heterocycles. The fourth-order valence-electron chi connectivity index (χ4n) is 2.98. The standard InChI is InChI=1S/C17H40O6Si3/c1-18-12-13-14(19-2)15(21-24(3,4)5)16(22-25(6,7)8)17(20-13)23-26(9,10)11/h13-17H,12H2,1-11H3. The van der Waals surface area contributed by atoms with Gasteiger partial charge in [0.1, 0.15) is 24.4 Å². The Bertz CT molecular complexity index is 430. The van der Waals surface area contributed by atoms with Gasteiger partial charge in [0, 0.05) is 14.2 Å². The van der Waals surface area contributed by atoms with E-state index in [0.717, 1.165) is 0 Å². The van der Waals surface area contributed by atoms with Crippen molar-refractivity contribution in [2.45, 2.75) is 89.6 Å². The monoisotopic (exact) mass is 424 g/mol. The Kier molecular flexibility index (Phi) is 8.72. The second-order valence-corrected chi connectivity index (χ2v) is 23.2. The summed E-state index contributed by atoms with van der Waals surface area (Å²) in [4.78, 5) is 0. The van der Waals surface area contributed by atoms with E-state index < -0.39 is 31.2 Å². The van der Waals surface area contributed by atoms with Gasteiger partial charge in [0.2, 0.25) is 0 Å².